The van der Waals surface area contributed by atoms with Gasteiger partial charge in [0.15, 0.2) is 0 Å². The van der Waals surface area contributed by atoms with Crippen molar-refractivity contribution in [3.05, 3.63) is 30.1 Å². The molecular weight excluding hydrogens is 186 g/mol. The van der Waals surface area contributed by atoms with Gasteiger partial charge in [-0.3, -0.25) is 0 Å². The van der Waals surface area contributed by atoms with Crippen molar-refractivity contribution in [2.24, 2.45) is 5.92 Å². The molecule has 1 unspecified atom stereocenters. The smallest absolute Gasteiger partial charge is 0.126 e. The summed E-state index contributed by atoms with van der Waals surface area (Å²) in [5.41, 5.74) is -0.0535. The zero-order valence-electron chi connectivity index (χ0n) is 8.90. The number of rotatable bonds is 0. The van der Waals surface area contributed by atoms with E-state index in [4.69, 9.17) is 0 Å². The third-order valence-corrected chi connectivity index (χ3v) is 2.83. The van der Waals surface area contributed by atoms with Gasteiger partial charge in [0.2, 0.25) is 0 Å². The maximum Gasteiger partial charge on any atom is 0.126 e. The van der Waals surface area contributed by atoms with Gasteiger partial charge >= 0.3 is 0 Å². The fourth-order valence-corrected chi connectivity index (χ4v) is 2.00. The quantitative estimate of drug-likeness (QED) is 0.651. The molecule has 1 aliphatic rings. The molecule has 0 aliphatic heterocycles. The minimum absolute atomic E-state index is 0.577. The lowest BCUT2D eigenvalue weighted by Crippen LogP contribution is -2.21. The molecule has 0 spiro atoms. The monoisotopic (exact) mass is 201 g/mol. The standard InChI is InChI=1S/C13H15NO/c1-11-5-7-13(15,10-11)8-6-12-4-2-3-9-14-12/h2-4,9,11,15H,5,7,10H2,1H3/t11?,13-/m0/s1. The number of hydrogen-bond acceptors (Lipinski definition) is 2. The van der Waals surface area contributed by atoms with Crippen LogP contribution in [0.25, 0.3) is 0 Å². The minimum atomic E-state index is -0.781. The van der Waals surface area contributed by atoms with Crippen molar-refractivity contribution in [1.29, 1.82) is 0 Å². The second kappa shape index (κ2) is 4.04. The summed E-state index contributed by atoms with van der Waals surface area (Å²) in [6.45, 7) is 2.15. The molecule has 2 atom stereocenters. The van der Waals surface area contributed by atoms with Crippen LogP contribution in [-0.2, 0) is 0 Å². The van der Waals surface area contributed by atoms with Crippen LogP contribution in [-0.4, -0.2) is 15.7 Å². The number of pyridine rings is 1. The first-order valence-corrected chi connectivity index (χ1v) is 5.35. The molecule has 0 aromatic carbocycles. The summed E-state index contributed by atoms with van der Waals surface area (Å²) in [6, 6.07) is 5.62. The maximum absolute atomic E-state index is 10.1. The Morgan fingerprint density at radius 3 is 3.00 bits per heavy atom. The molecule has 78 valence electrons. The fraction of sp³-hybridized carbons (Fsp3) is 0.462. The van der Waals surface area contributed by atoms with E-state index in [0.717, 1.165) is 25.0 Å². The van der Waals surface area contributed by atoms with Gasteiger partial charge in [-0.15, -0.1) is 0 Å². The van der Waals surface area contributed by atoms with Gasteiger partial charge in [0, 0.05) is 6.20 Å². The predicted octanol–water partition coefficient (Wildman–Crippen LogP) is 1.98. The molecule has 1 saturated carbocycles. The van der Waals surface area contributed by atoms with Gasteiger partial charge in [-0.2, -0.15) is 0 Å². The predicted molar refractivity (Wildman–Crippen MR) is 59.1 cm³/mol. The third kappa shape index (κ3) is 2.57. The van der Waals surface area contributed by atoms with Crippen molar-refractivity contribution in [3.63, 3.8) is 0 Å². The van der Waals surface area contributed by atoms with Crippen molar-refractivity contribution in [2.45, 2.75) is 31.8 Å². The van der Waals surface area contributed by atoms with E-state index in [2.05, 4.69) is 23.7 Å². The zero-order valence-corrected chi connectivity index (χ0v) is 8.90. The van der Waals surface area contributed by atoms with Crippen LogP contribution >= 0.6 is 0 Å². The third-order valence-electron chi connectivity index (χ3n) is 2.83. The number of aromatic nitrogens is 1. The second-order valence-electron chi connectivity index (χ2n) is 4.34. The summed E-state index contributed by atoms with van der Waals surface area (Å²) < 4.78 is 0. The molecule has 1 aromatic rings. The lowest BCUT2D eigenvalue weighted by atomic mass is 10.0. The van der Waals surface area contributed by atoms with Crippen LogP contribution in [0.4, 0.5) is 0 Å². The van der Waals surface area contributed by atoms with E-state index >= 15 is 0 Å². The SMILES string of the molecule is CC1CC[C@](O)(C#Cc2ccccn2)C1. The highest BCUT2D eigenvalue weighted by Crippen LogP contribution is 2.33. The molecule has 0 radical (unpaired) electrons. The molecule has 1 aliphatic carbocycles. The van der Waals surface area contributed by atoms with E-state index in [-0.39, 0.29) is 0 Å². The highest BCUT2D eigenvalue weighted by Gasteiger charge is 2.33. The summed E-state index contributed by atoms with van der Waals surface area (Å²) >= 11 is 0. The Kier molecular flexibility index (Phi) is 2.75. The van der Waals surface area contributed by atoms with Crippen LogP contribution in [0.3, 0.4) is 0 Å². The van der Waals surface area contributed by atoms with Crippen molar-refractivity contribution in [2.75, 3.05) is 0 Å². The first-order chi connectivity index (χ1) is 7.18. The second-order valence-corrected chi connectivity index (χ2v) is 4.34. The molecule has 0 amide bonds. The molecule has 0 saturated heterocycles. The highest BCUT2D eigenvalue weighted by molar-refractivity contribution is 5.30. The molecule has 1 aromatic heterocycles. The largest absolute Gasteiger partial charge is 0.378 e. The molecule has 2 nitrogen and oxygen atoms in total. The molecule has 15 heavy (non-hydrogen) atoms. The first kappa shape index (κ1) is 10.2. The van der Waals surface area contributed by atoms with Crippen molar-refractivity contribution in [3.8, 4) is 11.8 Å². The molecule has 1 fully saturated rings. The molecule has 2 rings (SSSR count). The normalized spacial score (nSPS) is 29.6. The maximum atomic E-state index is 10.1. The summed E-state index contributed by atoms with van der Waals surface area (Å²) in [5, 5.41) is 10.1. The van der Waals surface area contributed by atoms with Crippen LogP contribution in [0.15, 0.2) is 24.4 Å². The number of aliphatic hydroxyl groups is 1. The van der Waals surface area contributed by atoms with Gasteiger partial charge in [0.1, 0.15) is 11.3 Å². The number of hydrogen-bond donors (Lipinski definition) is 1. The lowest BCUT2D eigenvalue weighted by molar-refractivity contribution is 0.106. The molecule has 1 N–H and O–H groups in total. The first-order valence-electron chi connectivity index (χ1n) is 5.35. The average molecular weight is 201 g/mol. The van der Waals surface area contributed by atoms with Gasteiger partial charge < -0.3 is 5.11 Å². The Morgan fingerprint density at radius 1 is 1.53 bits per heavy atom. The Labute approximate surface area is 90.4 Å². The van der Waals surface area contributed by atoms with Gasteiger partial charge in [0.05, 0.1) is 0 Å². The van der Waals surface area contributed by atoms with Gasteiger partial charge in [-0.25, -0.2) is 4.98 Å². The van der Waals surface area contributed by atoms with Crippen molar-refractivity contribution < 1.29 is 5.11 Å². The van der Waals surface area contributed by atoms with E-state index in [1.165, 1.54) is 0 Å². The Morgan fingerprint density at radius 2 is 2.40 bits per heavy atom. The fourth-order valence-electron chi connectivity index (χ4n) is 2.00. The Balaban J connectivity index is 2.12. The van der Waals surface area contributed by atoms with E-state index < -0.39 is 5.60 Å². The summed E-state index contributed by atoms with van der Waals surface area (Å²) in [7, 11) is 0. The average Bonchev–Trinajstić information content (AvgIpc) is 2.58. The summed E-state index contributed by atoms with van der Waals surface area (Å²) in [5.74, 6) is 6.46. The summed E-state index contributed by atoms with van der Waals surface area (Å²) in [4.78, 5) is 4.11. The van der Waals surface area contributed by atoms with Crippen LogP contribution in [0.1, 0.15) is 31.9 Å². The molecule has 0 bridgehead atoms. The minimum Gasteiger partial charge on any atom is -0.378 e. The highest BCUT2D eigenvalue weighted by atomic mass is 16.3. The topological polar surface area (TPSA) is 33.1 Å². The number of nitrogens with zero attached hydrogens (tertiary/aromatic N) is 1. The van der Waals surface area contributed by atoms with Crippen LogP contribution in [0.5, 0.6) is 0 Å². The van der Waals surface area contributed by atoms with Crippen LogP contribution < -0.4 is 0 Å². The van der Waals surface area contributed by atoms with Gasteiger partial charge in [-0.05, 0) is 43.2 Å². The lowest BCUT2D eigenvalue weighted by Gasteiger charge is -2.13. The van der Waals surface area contributed by atoms with Crippen LogP contribution in [0, 0.1) is 17.8 Å². The van der Waals surface area contributed by atoms with Crippen molar-refractivity contribution >= 4 is 0 Å². The van der Waals surface area contributed by atoms with Crippen LogP contribution in [0.2, 0.25) is 0 Å². The van der Waals surface area contributed by atoms with E-state index in [9.17, 15) is 5.11 Å². The van der Waals surface area contributed by atoms with E-state index in [1.54, 1.807) is 6.20 Å². The van der Waals surface area contributed by atoms with E-state index in [1.807, 2.05) is 18.2 Å². The molecule has 2 heteroatoms. The van der Waals surface area contributed by atoms with Gasteiger partial charge in [-0.1, -0.05) is 18.9 Å². The Bertz CT molecular complexity index is 390. The Hall–Kier alpha value is -1.33. The van der Waals surface area contributed by atoms with Gasteiger partial charge in [0.25, 0.3) is 0 Å². The summed E-state index contributed by atoms with van der Waals surface area (Å²) in [6.07, 6.45) is 4.35. The van der Waals surface area contributed by atoms with Crippen molar-refractivity contribution in [1.82, 2.24) is 4.98 Å². The van der Waals surface area contributed by atoms with E-state index in [0.29, 0.717) is 5.92 Å². The zero-order chi connectivity index (χ0) is 10.7. The molecular formula is C13H15NO. The molecule has 1 heterocycles.